The molecule has 0 atom stereocenters. The van der Waals surface area contributed by atoms with Crippen LogP contribution in [0.2, 0.25) is 0 Å². The van der Waals surface area contributed by atoms with E-state index in [-0.39, 0.29) is 5.91 Å². The number of pyridine rings is 2. The highest BCUT2D eigenvalue weighted by atomic mass is 16.2. The van der Waals surface area contributed by atoms with E-state index in [1.807, 2.05) is 42.5 Å². The fraction of sp³-hybridized carbons (Fsp3) is 0.273. The quantitative estimate of drug-likeness (QED) is 0.668. The summed E-state index contributed by atoms with van der Waals surface area (Å²) in [5, 5.41) is 9.88. The number of rotatable bonds is 6. The lowest BCUT2D eigenvalue weighted by molar-refractivity contribution is 0.0748. The number of hydrogen-bond acceptors (Lipinski definition) is 4. The molecule has 1 aliphatic carbocycles. The molecular weight excluding hydrogens is 336 g/mol. The van der Waals surface area contributed by atoms with Gasteiger partial charge in [-0.3, -0.25) is 14.8 Å². The van der Waals surface area contributed by atoms with E-state index < -0.39 is 0 Å². The maximum absolute atomic E-state index is 13.4. The standard InChI is InChI=1S/C22H20N4O/c23-10-4-12-26(15-16-5-3-11-24-14-16)22(27)19-13-21(17-8-9-17)25-20-7-2-1-6-18(19)20/h1-3,5-7,11,13-14,17H,4,8-9,12,15H2. The van der Waals surface area contributed by atoms with E-state index in [4.69, 9.17) is 10.2 Å². The normalized spacial score (nSPS) is 13.3. The van der Waals surface area contributed by atoms with Crippen molar-refractivity contribution in [3.63, 3.8) is 0 Å². The second-order valence-corrected chi connectivity index (χ2v) is 6.88. The Hall–Kier alpha value is -3.26. The summed E-state index contributed by atoms with van der Waals surface area (Å²) < 4.78 is 0. The first-order valence-electron chi connectivity index (χ1n) is 9.21. The van der Waals surface area contributed by atoms with E-state index >= 15 is 0 Å². The van der Waals surface area contributed by atoms with Gasteiger partial charge >= 0.3 is 0 Å². The molecular formula is C22H20N4O. The number of nitriles is 1. The molecule has 5 heteroatoms. The summed E-state index contributed by atoms with van der Waals surface area (Å²) in [6, 6.07) is 15.7. The van der Waals surface area contributed by atoms with Crippen LogP contribution in [0.25, 0.3) is 10.9 Å². The van der Waals surface area contributed by atoms with Crippen molar-refractivity contribution in [2.45, 2.75) is 31.7 Å². The first-order valence-corrected chi connectivity index (χ1v) is 9.21. The lowest BCUT2D eigenvalue weighted by Crippen LogP contribution is -2.31. The van der Waals surface area contributed by atoms with Crippen LogP contribution < -0.4 is 0 Å². The van der Waals surface area contributed by atoms with Gasteiger partial charge in [-0.2, -0.15) is 5.26 Å². The molecule has 1 aliphatic rings. The van der Waals surface area contributed by atoms with Gasteiger partial charge < -0.3 is 4.90 Å². The Balaban J connectivity index is 1.72. The molecule has 1 aromatic carbocycles. The molecule has 2 aromatic heterocycles. The van der Waals surface area contributed by atoms with Crippen LogP contribution >= 0.6 is 0 Å². The molecule has 0 bridgehead atoms. The molecule has 1 saturated carbocycles. The smallest absolute Gasteiger partial charge is 0.254 e. The molecule has 1 fully saturated rings. The zero-order valence-electron chi connectivity index (χ0n) is 15.0. The van der Waals surface area contributed by atoms with Crippen LogP contribution in [0.4, 0.5) is 0 Å². The van der Waals surface area contributed by atoms with Crippen LogP contribution in [0.1, 0.15) is 46.8 Å². The van der Waals surface area contributed by atoms with Crippen molar-refractivity contribution in [2.24, 2.45) is 0 Å². The molecule has 0 N–H and O–H groups in total. The summed E-state index contributed by atoms with van der Waals surface area (Å²) in [5.74, 6) is 0.404. The molecule has 0 spiro atoms. The largest absolute Gasteiger partial charge is 0.333 e. The minimum atomic E-state index is -0.0606. The Labute approximate surface area is 158 Å². The van der Waals surface area contributed by atoms with Gasteiger partial charge in [-0.1, -0.05) is 24.3 Å². The second-order valence-electron chi connectivity index (χ2n) is 6.88. The lowest BCUT2D eigenvalue weighted by Gasteiger charge is -2.23. The average molecular weight is 356 g/mol. The minimum absolute atomic E-state index is 0.0606. The van der Waals surface area contributed by atoms with Gasteiger partial charge in [0.25, 0.3) is 5.91 Å². The van der Waals surface area contributed by atoms with Crippen LogP contribution in [0.5, 0.6) is 0 Å². The van der Waals surface area contributed by atoms with Gasteiger partial charge in [0.05, 0.1) is 23.6 Å². The molecule has 3 aromatic rings. The van der Waals surface area contributed by atoms with Gasteiger partial charge in [0, 0.05) is 42.5 Å². The summed E-state index contributed by atoms with van der Waals surface area (Å²) in [5.41, 5.74) is 3.47. The second kappa shape index (κ2) is 7.55. The number of aromatic nitrogens is 2. The highest BCUT2D eigenvalue weighted by molar-refractivity contribution is 6.06. The molecule has 2 heterocycles. The highest BCUT2D eigenvalue weighted by Gasteiger charge is 2.28. The van der Waals surface area contributed by atoms with Gasteiger partial charge in [0.15, 0.2) is 0 Å². The third kappa shape index (κ3) is 3.80. The molecule has 0 aliphatic heterocycles. The molecule has 27 heavy (non-hydrogen) atoms. The first-order chi connectivity index (χ1) is 13.3. The monoisotopic (exact) mass is 356 g/mol. The molecule has 5 nitrogen and oxygen atoms in total. The van der Waals surface area contributed by atoms with Crippen LogP contribution in [0.3, 0.4) is 0 Å². The van der Waals surface area contributed by atoms with Gasteiger partial charge in [-0.05, 0) is 36.6 Å². The Morgan fingerprint density at radius 3 is 2.81 bits per heavy atom. The van der Waals surface area contributed by atoms with Gasteiger partial charge in [-0.15, -0.1) is 0 Å². The fourth-order valence-electron chi connectivity index (χ4n) is 3.28. The Kier molecular flexibility index (Phi) is 4.80. The summed E-state index contributed by atoms with van der Waals surface area (Å²) in [4.78, 5) is 24.1. The summed E-state index contributed by atoms with van der Waals surface area (Å²) in [6.45, 7) is 0.823. The Morgan fingerprint density at radius 2 is 2.07 bits per heavy atom. The van der Waals surface area contributed by atoms with Crippen LogP contribution in [0, 0.1) is 11.3 Å². The molecule has 4 rings (SSSR count). The first kappa shape index (κ1) is 17.2. The molecule has 1 amide bonds. The predicted octanol–water partition coefficient (Wildman–Crippen LogP) is 4.06. The summed E-state index contributed by atoms with van der Waals surface area (Å²) in [6.07, 6.45) is 6.03. The lowest BCUT2D eigenvalue weighted by atomic mass is 10.0. The van der Waals surface area contributed by atoms with Crippen molar-refractivity contribution in [2.75, 3.05) is 6.54 Å². The maximum atomic E-state index is 13.4. The van der Waals surface area contributed by atoms with Crippen LogP contribution in [-0.2, 0) is 6.54 Å². The number of carbonyl (C=O) groups excluding carboxylic acids is 1. The van der Waals surface area contributed by atoms with Crippen molar-refractivity contribution in [3.05, 3.63) is 71.7 Å². The van der Waals surface area contributed by atoms with E-state index in [1.165, 1.54) is 0 Å². The highest BCUT2D eigenvalue weighted by Crippen LogP contribution is 2.40. The van der Waals surface area contributed by atoms with E-state index in [9.17, 15) is 4.79 Å². The predicted molar refractivity (Wildman–Crippen MR) is 103 cm³/mol. The summed E-state index contributed by atoms with van der Waals surface area (Å²) >= 11 is 0. The topological polar surface area (TPSA) is 69.9 Å². The number of para-hydroxylation sites is 1. The molecule has 0 saturated heterocycles. The van der Waals surface area contributed by atoms with E-state index in [0.717, 1.165) is 35.0 Å². The zero-order chi connectivity index (χ0) is 18.6. The Bertz CT molecular complexity index is 1010. The average Bonchev–Trinajstić information content (AvgIpc) is 3.56. The van der Waals surface area contributed by atoms with Crippen LogP contribution in [0.15, 0.2) is 54.9 Å². The number of amides is 1. The van der Waals surface area contributed by atoms with Crippen molar-refractivity contribution in [1.29, 1.82) is 5.26 Å². The van der Waals surface area contributed by atoms with Gasteiger partial charge in [0.2, 0.25) is 0 Å². The Morgan fingerprint density at radius 1 is 1.22 bits per heavy atom. The maximum Gasteiger partial charge on any atom is 0.254 e. The van der Waals surface area contributed by atoms with Crippen molar-refractivity contribution in [1.82, 2.24) is 14.9 Å². The van der Waals surface area contributed by atoms with E-state index in [2.05, 4.69) is 11.1 Å². The number of hydrogen-bond donors (Lipinski definition) is 0. The zero-order valence-corrected chi connectivity index (χ0v) is 15.0. The van der Waals surface area contributed by atoms with Crippen molar-refractivity contribution >= 4 is 16.8 Å². The van der Waals surface area contributed by atoms with E-state index in [1.54, 1.807) is 17.3 Å². The molecule has 134 valence electrons. The number of carbonyl (C=O) groups is 1. The van der Waals surface area contributed by atoms with Crippen molar-refractivity contribution in [3.8, 4) is 6.07 Å². The molecule has 0 radical (unpaired) electrons. The third-order valence-electron chi connectivity index (χ3n) is 4.84. The number of fused-ring (bicyclic) bond motifs is 1. The number of benzene rings is 1. The van der Waals surface area contributed by atoms with Crippen LogP contribution in [-0.4, -0.2) is 27.3 Å². The molecule has 0 unspecified atom stereocenters. The van der Waals surface area contributed by atoms with E-state index in [0.29, 0.717) is 31.0 Å². The fourth-order valence-corrected chi connectivity index (χ4v) is 3.28. The van der Waals surface area contributed by atoms with Gasteiger partial charge in [0.1, 0.15) is 0 Å². The number of nitrogens with zero attached hydrogens (tertiary/aromatic N) is 4. The minimum Gasteiger partial charge on any atom is -0.333 e. The SMILES string of the molecule is N#CCCN(Cc1cccnc1)C(=O)c1cc(C2CC2)nc2ccccc12. The summed E-state index contributed by atoms with van der Waals surface area (Å²) in [7, 11) is 0. The van der Waals surface area contributed by atoms with Crippen molar-refractivity contribution < 1.29 is 4.79 Å². The van der Waals surface area contributed by atoms with Gasteiger partial charge in [-0.25, -0.2) is 0 Å². The third-order valence-corrected chi connectivity index (χ3v) is 4.84.